The molecule has 3 fully saturated rings. The summed E-state index contributed by atoms with van der Waals surface area (Å²) in [7, 11) is 1.60. The van der Waals surface area contributed by atoms with Crippen LogP contribution < -0.4 is 14.4 Å². The summed E-state index contributed by atoms with van der Waals surface area (Å²) in [5.74, 6) is -0.458. The molecule has 2 bridgehead atoms. The van der Waals surface area contributed by atoms with Gasteiger partial charge in [-0.25, -0.2) is 4.90 Å². The summed E-state index contributed by atoms with van der Waals surface area (Å²) in [6, 6.07) is 16.9. The molecule has 4 atom stereocenters. The molecule has 3 heterocycles. The van der Waals surface area contributed by atoms with E-state index in [0.717, 1.165) is 5.75 Å². The van der Waals surface area contributed by atoms with Crippen LogP contribution >= 0.6 is 0 Å². The number of nitrogens with zero attached hydrogens (tertiary/aromatic N) is 2. The van der Waals surface area contributed by atoms with Gasteiger partial charge in [0.25, 0.3) is 5.69 Å². The molecule has 2 unspecified atom stereocenters. The van der Waals surface area contributed by atoms with Crippen molar-refractivity contribution < 1.29 is 28.7 Å². The van der Waals surface area contributed by atoms with E-state index in [4.69, 9.17) is 14.2 Å². The Kier molecular flexibility index (Phi) is 5.24. The van der Waals surface area contributed by atoms with Gasteiger partial charge in [0.2, 0.25) is 11.8 Å². The van der Waals surface area contributed by atoms with Crippen molar-refractivity contribution in [2.75, 3.05) is 18.6 Å². The van der Waals surface area contributed by atoms with E-state index in [9.17, 15) is 19.7 Å². The van der Waals surface area contributed by atoms with Gasteiger partial charge >= 0.3 is 0 Å². The Morgan fingerprint density at radius 1 is 0.973 bits per heavy atom. The number of carbonyl (C=O) groups is 2. The number of rotatable bonds is 7. The van der Waals surface area contributed by atoms with Gasteiger partial charge in [0.1, 0.15) is 11.5 Å². The standard InChI is InChI=1S/C28H26N2O7/c1-27-13-14-28(37-27,15-16-36-18-9-7-17(35-2)8-10-18)24-23(27)25(31)29(26(24)32)21-11-12-22(30(33)34)20-6-4-3-5-19(20)21/h3-12,23-24H,13-16H2,1-2H3/t23-,24+,27?,28?/m1/s1. The summed E-state index contributed by atoms with van der Waals surface area (Å²) >= 11 is 0. The SMILES string of the molecule is COc1ccc(OCCC23CCC(C)(O2)[C@H]2C(=O)N(c4ccc([N+](=O)[O-])c5ccccc45)C(=O)[C@H]23)cc1. The third-order valence-corrected chi connectivity index (χ3v) is 8.18. The normalized spacial score (nSPS) is 28.1. The van der Waals surface area contributed by atoms with Crippen LogP contribution in [0.15, 0.2) is 60.7 Å². The average molecular weight is 503 g/mol. The highest BCUT2D eigenvalue weighted by Gasteiger charge is 2.73. The van der Waals surface area contributed by atoms with Crippen molar-refractivity contribution in [3.05, 3.63) is 70.8 Å². The maximum atomic E-state index is 13.9. The summed E-state index contributed by atoms with van der Waals surface area (Å²) in [5.41, 5.74) is -1.24. The third kappa shape index (κ3) is 3.41. The zero-order valence-corrected chi connectivity index (χ0v) is 20.5. The Bertz CT molecular complexity index is 1440. The number of methoxy groups -OCH3 is 1. The summed E-state index contributed by atoms with van der Waals surface area (Å²) in [6.45, 7) is 2.24. The van der Waals surface area contributed by atoms with Gasteiger partial charge in [-0.1, -0.05) is 18.2 Å². The molecule has 0 radical (unpaired) electrons. The van der Waals surface area contributed by atoms with Gasteiger partial charge < -0.3 is 14.2 Å². The van der Waals surface area contributed by atoms with Crippen molar-refractivity contribution in [2.24, 2.45) is 11.8 Å². The second kappa shape index (κ2) is 8.27. The van der Waals surface area contributed by atoms with Gasteiger partial charge in [-0.3, -0.25) is 19.7 Å². The molecule has 0 N–H and O–H groups in total. The van der Waals surface area contributed by atoms with Crippen LogP contribution in [0.25, 0.3) is 10.8 Å². The van der Waals surface area contributed by atoms with E-state index in [-0.39, 0.29) is 17.5 Å². The van der Waals surface area contributed by atoms with Crippen LogP contribution in [0.2, 0.25) is 0 Å². The Morgan fingerprint density at radius 3 is 2.35 bits per heavy atom. The molecule has 3 aliphatic heterocycles. The fourth-order valence-electron chi connectivity index (χ4n) is 6.48. The van der Waals surface area contributed by atoms with E-state index in [2.05, 4.69) is 0 Å². The van der Waals surface area contributed by atoms with Crippen LogP contribution in [0, 0.1) is 22.0 Å². The number of non-ortho nitro benzene ring substituents is 1. The van der Waals surface area contributed by atoms with Crippen LogP contribution in [-0.2, 0) is 14.3 Å². The molecule has 3 aromatic rings. The fourth-order valence-corrected chi connectivity index (χ4v) is 6.48. The number of carbonyl (C=O) groups excluding carboxylic acids is 2. The minimum absolute atomic E-state index is 0.0684. The minimum Gasteiger partial charge on any atom is -0.497 e. The fraction of sp³-hybridized carbons (Fsp3) is 0.357. The Balaban J connectivity index is 1.31. The highest BCUT2D eigenvalue weighted by atomic mass is 16.6. The second-order valence-electron chi connectivity index (χ2n) is 10.1. The lowest BCUT2D eigenvalue weighted by atomic mass is 9.67. The molecule has 3 aromatic carbocycles. The second-order valence-corrected chi connectivity index (χ2v) is 10.1. The maximum Gasteiger partial charge on any atom is 0.277 e. The number of benzene rings is 3. The molecule has 6 rings (SSSR count). The van der Waals surface area contributed by atoms with Gasteiger partial charge in [0, 0.05) is 17.9 Å². The van der Waals surface area contributed by atoms with E-state index < -0.39 is 28.0 Å². The van der Waals surface area contributed by atoms with Crippen molar-refractivity contribution in [3.63, 3.8) is 0 Å². The molecule has 9 heteroatoms. The predicted molar refractivity (Wildman–Crippen MR) is 135 cm³/mol. The Morgan fingerprint density at radius 2 is 1.65 bits per heavy atom. The molecule has 0 aliphatic carbocycles. The predicted octanol–water partition coefficient (Wildman–Crippen LogP) is 4.65. The molecule has 0 saturated carbocycles. The molecular weight excluding hydrogens is 476 g/mol. The monoisotopic (exact) mass is 502 g/mol. The first-order valence-corrected chi connectivity index (χ1v) is 12.3. The zero-order chi connectivity index (χ0) is 25.9. The van der Waals surface area contributed by atoms with Crippen LogP contribution in [-0.4, -0.2) is 41.7 Å². The van der Waals surface area contributed by atoms with Crippen molar-refractivity contribution in [2.45, 2.75) is 37.4 Å². The smallest absolute Gasteiger partial charge is 0.277 e. The van der Waals surface area contributed by atoms with Crippen LogP contribution in [0.5, 0.6) is 11.5 Å². The van der Waals surface area contributed by atoms with Gasteiger partial charge in [0.15, 0.2) is 0 Å². The van der Waals surface area contributed by atoms with Gasteiger partial charge in [-0.15, -0.1) is 0 Å². The first kappa shape index (κ1) is 23.4. The molecule has 190 valence electrons. The lowest BCUT2D eigenvalue weighted by Crippen LogP contribution is -2.43. The van der Waals surface area contributed by atoms with Crippen LogP contribution in [0.4, 0.5) is 11.4 Å². The molecule has 0 aromatic heterocycles. The van der Waals surface area contributed by atoms with Gasteiger partial charge in [-0.05, 0) is 56.2 Å². The van der Waals surface area contributed by atoms with E-state index in [0.29, 0.717) is 48.1 Å². The number of hydrogen-bond acceptors (Lipinski definition) is 7. The Labute approximate surface area is 213 Å². The van der Waals surface area contributed by atoms with E-state index >= 15 is 0 Å². The van der Waals surface area contributed by atoms with Crippen molar-refractivity contribution >= 4 is 34.0 Å². The number of ether oxygens (including phenoxy) is 3. The molecule has 2 amide bonds. The molecule has 3 aliphatic rings. The maximum absolute atomic E-state index is 13.9. The van der Waals surface area contributed by atoms with Crippen LogP contribution in [0.3, 0.4) is 0 Å². The number of nitro groups is 1. The summed E-state index contributed by atoms with van der Waals surface area (Å²) in [5, 5.41) is 12.5. The number of hydrogen-bond donors (Lipinski definition) is 0. The lowest BCUT2D eigenvalue weighted by molar-refractivity contribution is -0.383. The molecule has 9 nitrogen and oxygen atoms in total. The van der Waals surface area contributed by atoms with Crippen molar-refractivity contribution in [1.29, 1.82) is 0 Å². The summed E-state index contributed by atoms with van der Waals surface area (Å²) in [4.78, 5) is 40.1. The third-order valence-electron chi connectivity index (χ3n) is 8.18. The molecule has 0 spiro atoms. The first-order chi connectivity index (χ1) is 17.8. The zero-order valence-electron chi connectivity index (χ0n) is 20.5. The summed E-state index contributed by atoms with van der Waals surface area (Å²) < 4.78 is 17.6. The quantitative estimate of drug-likeness (QED) is 0.263. The first-order valence-electron chi connectivity index (χ1n) is 12.3. The molecule has 37 heavy (non-hydrogen) atoms. The van der Waals surface area contributed by atoms with Crippen molar-refractivity contribution in [1.82, 2.24) is 0 Å². The lowest BCUT2D eigenvalue weighted by Gasteiger charge is -2.31. The highest BCUT2D eigenvalue weighted by molar-refractivity contribution is 6.26. The minimum atomic E-state index is -0.802. The van der Waals surface area contributed by atoms with Gasteiger partial charge in [-0.2, -0.15) is 0 Å². The van der Waals surface area contributed by atoms with Crippen LogP contribution in [0.1, 0.15) is 26.2 Å². The number of fused-ring (bicyclic) bond motifs is 6. The Hall–Kier alpha value is -3.98. The highest BCUT2D eigenvalue weighted by Crippen LogP contribution is 2.62. The van der Waals surface area contributed by atoms with E-state index in [1.165, 1.54) is 17.0 Å². The number of amides is 2. The van der Waals surface area contributed by atoms with E-state index in [1.54, 1.807) is 31.4 Å². The number of anilines is 1. The van der Waals surface area contributed by atoms with Crippen molar-refractivity contribution in [3.8, 4) is 11.5 Å². The molecular formula is C28H26N2O7. The van der Waals surface area contributed by atoms with Gasteiger partial charge in [0.05, 0.1) is 52.8 Å². The summed E-state index contributed by atoms with van der Waals surface area (Å²) in [6.07, 6.45) is 1.79. The largest absolute Gasteiger partial charge is 0.497 e. The topological polar surface area (TPSA) is 108 Å². The molecule has 3 saturated heterocycles. The average Bonchev–Trinajstić information content (AvgIpc) is 3.48. The number of nitro benzene ring substituents is 1. The number of imide groups is 1. The van der Waals surface area contributed by atoms with E-state index in [1.807, 2.05) is 31.2 Å².